The molecule has 10 unspecified atom stereocenters. The van der Waals surface area contributed by atoms with Gasteiger partial charge in [-0.3, -0.25) is 4.79 Å². The van der Waals surface area contributed by atoms with Crippen LogP contribution in [-0.4, -0.2) is 119 Å². The van der Waals surface area contributed by atoms with Crippen molar-refractivity contribution in [2.45, 2.75) is 220 Å². The zero-order valence-electron chi connectivity index (χ0n) is 42.0. The van der Waals surface area contributed by atoms with Gasteiger partial charge in [0.15, 0.2) is 16.6 Å². The lowest BCUT2D eigenvalue weighted by Gasteiger charge is -2.39. The molecule has 3 aliphatic heterocycles. The largest absolute Gasteiger partial charge is 0.457 e. The number of likely N-dealkylation sites (N-methyl/N-ethyl adjacent to an activating group) is 1. The highest BCUT2D eigenvalue weighted by molar-refractivity contribution is 6.75. The summed E-state index contributed by atoms with van der Waals surface area (Å²) in [6, 6.07) is 4.18. The molecule has 0 radical (unpaired) electrons. The number of epoxide rings is 1. The molecule has 0 bridgehead atoms. The van der Waals surface area contributed by atoms with Gasteiger partial charge in [-0.25, -0.2) is 4.79 Å². The summed E-state index contributed by atoms with van der Waals surface area (Å²) in [6.45, 7) is 36.9. The van der Waals surface area contributed by atoms with E-state index in [0.29, 0.717) is 37.0 Å². The molecule has 0 aromatic heterocycles. The molecule has 0 aromatic rings. The van der Waals surface area contributed by atoms with E-state index >= 15 is 0 Å². The molecule has 1 N–H and O–H groups in total. The van der Waals surface area contributed by atoms with Gasteiger partial charge in [0.25, 0.3) is 0 Å². The SMILES string of the molecule is CCC(O[Si](CC)(CC)C(C)C)C(C)C1OC1CC(C)(O)/C=C/C=C(\C)C1OC(=O)CC(O[Si](CC)(CC)C(C)C)CCC(C)C(OC(=O)N2CCCN(CC)CC2)/C=C\C1C. The maximum atomic E-state index is 13.9. The van der Waals surface area contributed by atoms with E-state index in [9.17, 15) is 14.7 Å². The summed E-state index contributed by atoms with van der Waals surface area (Å²) in [5, 5.41) is 11.6. The van der Waals surface area contributed by atoms with Crippen LogP contribution in [0.15, 0.2) is 36.0 Å². The lowest BCUT2D eigenvalue weighted by atomic mass is 9.91. The van der Waals surface area contributed by atoms with Crippen molar-refractivity contribution in [2.24, 2.45) is 17.8 Å². The number of rotatable bonds is 20. The first-order valence-electron chi connectivity index (χ1n) is 24.9. The van der Waals surface area contributed by atoms with E-state index in [1.165, 1.54) is 0 Å². The van der Waals surface area contributed by atoms with E-state index in [-0.39, 0.29) is 60.7 Å². The van der Waals surface area contributed by atoms with Crippen molar-refractivity contribution in [3.8, 4) is 0 Å². The topological polar surface area (TPSA) is 110 Å². The molecular weight excluding hydrogens is 813 g/mol. The predicted octanol–water partition coefficient (Wildman–Crippen LogP) is 11.5. The summed E-state index contributed by atoms with van der Waals surface area (Å²) in [5.74, 6) is -0.223. The Labute approximate surface area is 381 Å². The first-order valence-corrected chi connectivity index (χ1v) is 29.7. The molecule has 0 aromatic carbocycles. The van der Waals surface area contributed by atoms with Crippen molar-refractivity contribution in [1.82, 2.24) is 9.80 Å². The van der Waals surface area contributed by atoms with E-state index in [1.54, 1.807) is 0 Å². The van der Waals surface area contributed by atoms with Crippen LogP contribution < -0.4 is 0 Å². The minimum absolute atomic E-state index is 0.0169. The van der Waals surface area contributed by atoms with Gasteiger partial charge in [0.2, 0.25) is 0 Å². The number of ether oxygens (including phenoxy) is 3. The summed E-state index contributed by atoms with van der Waals surface area (Å²) in [6.07, 6.45) is 12.3. The van der Waals surface area contributed by atoms with Gasteiger partial charge in [-0.1, -0.05) is 114 Å². The number of esters is 1. The Hall–Kier alpha value is -1.81. The fourth-order valence-electron chi connectivity index (χ4n) is 10.1. The molecule has 12 heteroatoms. The minimum Gasteiger partial charge on any atom is -0.457 e. The molecule has 0 spiro atoms. The Balaban J connectivity index is 1.84. The summed E-state index contributed by atoms with van der Waals surface area (Å²) < 4.78 is 33.0. The van der Waals surface area contributed by atoms with E-state index in [2.05, 4.69) is 88.0 Å². The molecule has 2 fully saturated rings. The fourth-order valence-corrected chi connectivity index (χ4v) is 17.4. The van der Waals surface area contributed by atoms with Crippen molar-refractivity contribution in [3.05, 3.63) is 36.0 Å². The second-order valence-electron chi connectivity index (χ2n) is 20.0. The van der Waals surface area contributed by atoms with Crippen LogP contribution in [0.4, 0.5) is 4.79 Å². The molecule has 358 valence electrons. The maximum absolute atomic E-state index is 13.9. The van der Waals surface area contributed by atoms with Crippen LogP contribution in [0.2, 0.25) is 35.3 Å². The Morgan fingerprint density at radius 2 is 1.58 bits per heavy atom. The van der Waals surface area contributed by atoms with Gasteiger partial charge in [0, 0.05) is 44.0 Å². The van der Waals surface area contributed by atoms with Crippen molar-refractivity contribution in [1.29, 1.82) is 0 Å². The van der Waals surface area contributed by atoms with Gasteiger partial charge < -0.3 is 38.0 Å². The van der Waals surface area contributed by atoms with Gasteiger partial charge in [0.05, 0.1) is 30.3 Å². The number of hydrogen-bond donors (Lipinski definition) is 1. The average Bonchev–Trinajstić information content (AvgIpc) is 4.04. The van der Waals surface area contributed by atoms with E-state index in [1.807, 2.05) is 56.1 Å². The lowest BCUT2D eigenvalue weighted by molar-refractivity contribution is -0.151. The standard InChI is InChI=1S/C50H92N2O8Si2/c1-16-43(60-62(20-5,21-6)37(9)10)41(14)48-45(56-48)35-50(15,55)29-22-24-39(12)47-40(13)26-28-44(57-49(54)52-31-23-30-51(17-2)32-33-52)38(11)25-27-42(34-46(53)58-47)59-61(18-3,19-4)36(7)8/h22,24,26,28-29,36-38,40-45,47-48,55H,16-21,23,25,27,30-35H2,1-15H3/b28-26-,29-22+,39-24+. The number of cyclic esters (lactones) is 1. The molecule has 0 aliphatic carbocycles. The number of hydrogen-bond acceptors (Lipinski definition) is 9. The monoisotopic (exact) mass is 905 g/mol. The summed E-state index contributed by atoms with van der Waals surface area (Å²) in [4.78, 5) is 31.9. The second kappa shape index (κ2) is 25.2. The highest BCUT2D eigenvalue weighted by Gasteiger charge is 2.49. The van der Waals surface area contributed by atoms with E-state index in [4.69, 9.17) is 23.1 Å². The zero-order chi connectivity index (χ0) is 46.4. The third-order valence-corrected chi connectivity index (χ3v) is 25.6. The fraction of sp³-hybridized carbons (Fsp3) is 0.840. The molecule has 3 aliphatic rings. The summed E-state index contributed by atoms with van der Waals surface area (Å²) in [5.41, 5.74) is 0.728. The third kappa shape index (κ3) is 15.4. The van der Waals surface area contributed by atoms with Gasteiger partial charge in [-0.05, 0) is 105 Å². The van der Waals surface area contributed by atoms with Crippen LogP contribution >= 0.6 is 0 Å². The van der Waals surface area contributed by atoms with Crippen LogP contribution in [-0.2, 0) is 27.9 Å². The number of amides is 1. The van der Waals surface area contributed by atoms with Gasteiger partial charge >= 0.3 is 12.1 Å². The quantitative estimate of drug-likeness (QED) is 0.0420. The molecule has 0 saturated carbocycles. The van der Waals surface area contributed by atoms with Crippen LogP contribution in [0.5, 0.6) is 0 Å². The minimum atomic E-state index is -2.14. The molecule has 1 amide bonds. The van der Waals surface area contributed by atoms with Gasteiger partial charge in [-0.15, -0.1) is 0 Å². The molecule has 3 heterocycles. The van der Waals surface area contributed by atoms with Crippen LogP contribution in [0.25, 0.3) is 0 Å². The van der Waals surface area contributed by atoms with Crippen LogP contribution in [0, 0.1) is 17.8 Å². The normalized spacial score (nSPS) is 29.1. The summed E-state index contributed by atoms with van der Waals surface area (Å²) in [7, 11) is -3.99. The molecule has 3 rings (SSSR count). The predicted molar refractivity (Wildman–Crippen MR) is 259 cm³/mol. The van der Waals surface area contributed by atoms with Crippen molar-refractivity contribution in [3.63, 3.8) is 0 Å². The first kappa shape index (κ1) is 54.5. The van der Waals surface area contributed by atoms with Crippen molar-refractivity contribution in [2.75, 3.05) is 32.7 Å². The Morgan fingerprint density at radius 1 is 0.935 bits per heavy atom. The van der Waals surface area contributed by atoms with Crippen molar-refractivity contribution >= 4 is 28.7 Å². The molecular formula is C50H92N2O8Si2. The Bertz CT molecular complexity index is 1460. The molecule has 62 heavy (non-hydrogen) atoms. The summed E-state index contributed by atoms with van der Waals surface area (Å²) >= 11 is 0. The zero-order valence-corrected chi connectivity index (χ0v) is 44.0. The lowest BCUT2D eigenvalue weighted by Crippen LogP contribution is -2.46. The smallest absolute Gasteiger partial charge is 0.410 e. The first-order chi connectivity index (χ1) is 29.2. The highest BCUT2D eigenvalue weighted by Crippen LogP contribution is 2.41. The maximum Gasteiger partial charge on any atom is 0.410 e. The van der Waals surface area contributed by atoms with Gasteiger partial charge in [0.1, 0.15) is 12.2 Å². The third-order valence-electron chi connectivity index (χ3n) is 15.1. The number of allylic oxidation sites excluding steroid dienone is 2. The Kier molecular flexibility index (Phi) is 22.2. The molecule has 10 nitrogen and oxygen atoms in total. The van der Waals surface area contributed by atoms with Crippen LogP contribution in [0.1, 0.15) is 142 Å². The van der Waals surface area contributed by atoms with Crippen LogP contribution in [0.3, 0.4) is 0 Å². The highest BCUT2D eigenvalue weighted by atomic mass is 28.4. The van der Waals surface area contributed by atoms with Gasteiger partial charge in [-0.2, -0.15) is 0 Å². The number of nitrogens with zero attached hydrogens (tertiary/aromatic N) is 2. The molecule has 2 saturated heterocycles. The van der Waals surface area contributed by atoms with Crippen molar-refractivity contribution < 1.29 is 37.8 Å². The van der Waals surface area contributed by atoms with E-state index < -0.39 is 34.4 Å². The second-order valence-corrected chi connectivity index (χ2v) is 29.9. The number of aliphatic hydroxyl groups is 1. The Morgan fingerprint density at radius 3 is 2.16 bits per heavy atom. The van der Waals surface area contributed by atoms with E-state index in [0.717, 1.165) is 68.6 Å². The average molecular weight is 905 g/mol. The number of carbonyl (C=O) groups is 2. The number of carbonyl (C=O) groups excluding carboxylic acids is 2. The molecule has 10 atom stereocenters.